The van der Waals surface area contributed by atoms with Crippen LogP contribution in [0, 0.1) is 5.92 Å². The van der Waals surface area contributed by atoms with E-state index in [0.717, 1.165) is 40.0 Å². The van der Waals surface area contributed by atoms with Crippen molar-refractivity contribution < 1.29 is 19.1 Å². The van der Waals surface area contributed by atoms with Crippen molar-refractivity contribution in [1.29, 1.82) is 0 Å². The average molecular weight is 458 g/mol. The van der Waals surface area contributed by atoms with Gasteiger partial charge in [-0.1, -0.05) is 32.0 Å². The smallest absolute Gasteiger partial charge is 0.337 e. The van der Waals surface area contributed by atoms with E-state index in [1.807, 2.05) is 24.3 Å². The van der Waals surface area contributed by atoms with Gasteiger partial charge in [-0.05, 0) is 41.3 Å². The van der Waals surface area contributed by atoms with Crippen LogP contribution >= 0.6 is 0 Å². The predicted octanol–water partition coefficient (Wildman–Crippen LogP) is 4.28. The lowest BCUT2D eigenvalue weighted by molar-refractivity contribution is -0.139. The number of amides is 2. The summed E-state index contributed by atoms with van der Waals surface area (Å²) in [6, 6.07) is 13.3. The molecule has 0 saturated heterocycles. The molecule has 5 rings (SSSR count). The first-order valence-corrected chi connectivity index (χ1v) is 11.4. The van der Waals surface area contributed by atoms with Gasteiger partial charge in [-0.15, -0.1) is 0 Å². The van der Waals surface area contributed by atoms with Crippen LogP contribution in [0.5, 0.6) is 0 Å². The molecule has 0 fully saturated rings. The highest BCUT2D eigenvalue weighted by Gasteiger charge is 2.41. The monoisotopic (exact) mass is 457 g/mol. The number of rotatable bonds is 4. The third kappa shape index (κ3) is 3.39. The maximum absolute atomic E-state index is 13.5. The molecular formula is C27H27N3O4. The lowest BCUT2D eigenvalue weighted by atomic mass is 9.84. The number of hydrogen-bond acceptors (Lipinski definition) is 5. The Bertz CT molecular complexity index is 1360. The number of aromatic nitrogens is 1. The molecule has 0 saturated carbocycles. The lowest BCUT2D eigenvalue weighted by Gasteiger charge is -2.19. The van der Waals surface area contributed by atoms with Crippen LogP contribution in [0.2, 0.25) is 0 Å². The zero-order valence-electron chi connectivity index (χ0n) is 19.7. The topological polar surface area (TPSA) is 80.6 Å². The van der Waals surface area contributed by atoms with Crippen molar-refractivity contribution in [1.82, 2.24) is 9.47 Å². The standard InChI is InChI=1S/C27H27N3O4/c1-15(2)12-29-13-19-23(17-8-10-18(11-9-17)27(33)34-4)25-21(14-30(16(3)31)26(25)32)28-20-6-5-7-22(29)24(19)20/h5-11,13,15,23,28H,12,14H2,1-4H3. The molecule has 3 heterocycles. The summed E-state index contributed by atoms with van der Waals surface area (Å²) in [6.07, 6.45) is 2.13. The fourth-order valence-corrected chi connectivity index (χ4v) is 5.09. The van der Waals surface area contributed by atoms with Gasteiger partial charge in [0.2, 0.25) is 5.91 Å². The predicted molar refractivity (Wildman–Crippen MR) is 129 cm³/mol. The van der Waals surface area contributed by atoms with E-state index in [9.17, 15) is 14.4 Å². The molecule has 174 valence electrons. The number of anilines is 1. The molecule has 0 bridgehead atoms. The highest BCUT2D eigenvalue weighted by molar-refractivity contribution is 6.11. The molecule has 1 aromatic heterocycles. The van der Waals surface area contributed by atoms with Gasteiger partial charge in [0, 0.05) is 42.4 Å². The fraction of sp³-hybridized carbons (Fsp3) is 0.296. The van der Waals surface area contributed by atoms with Crippen molar-refractivity contribution in [2.75, 3.05) is 19.0 Å². The number of methoxy groups -OCH3 is 1. The maximum atomic E-state index is 13.5. The zero-order valence-corrected chi connectivity index (χ0v) is 19.7. The average Bonchev–Trinajstić information content (AvgIpc) is 3.28. The van der Waals surface area contributed by atoms with E-state index < -0.39 is 5.97 Å². The van der Waals surface area contributed by atoms with E-state index >= 15 is 0 Å². The van der Waals surface area contributed by atoms with Gasteiger partial charge in [-0.2, -0.15) is 0 Å². The normalized spacial score (nSPS) is 17.1. The molecule has 2 aromatic carbocycles. The molecule has 3 aromatic rings. The van der Waals surface area contributed by atoms with Crippen LogP contribution < -0.4 is 5.32 Å². The van der Waals surface area contributed by atoms with Crippen LogP contribution in [0.25, 0.3) is 10.9 Å². The molecule has 0 aliphatic carbocycles. The Labute approximate surface area is 198 Å². The number of nitrogens with zero attached hydrogens (tertiary/aromatic N) is 2. The van der Waals surface area contributed by atoms with Crippen molar-refractivity contribution in [3.05, 3.63) is 76.6 Å². The van der Waals surface area contributed by atoms with Gasteiger partial charge in [0.15, 0.2) is 0 Å². The summed E-state index contributed by atoms with van der Waals surface area (Å²) in [6.45, 7) is 6.82. The minimum atomic E-state index is -0.412. The minimum absolute atomic E-state index is 0.215. The third-order valence-corrected chi connectivity index (χ3v) is 6.54. The molecule has 1 unspecified atom stereocenters. The highest BCUT2D eigenvalue weighted by atomic mass is 16.5. The molecule has 34 heavy (non-hydrogen) atoms. The Morgan fingerprint density at radius 3 is 2.53 bits per heavy atom. The number of carbonyl (C=O) groups is 3. The van der Waals surface area contributed by atoms with E-state index in [1.165, 1.54) is 18.9 Å². The van der Waals surface area contributed by atoms with Crippen molar-refractivity contribution in [3.63, 3.8) is 0 Å². The quantitative estimate of drug-likeness (QED) is 0.592. The van der Waals surface area contributed by atoms with Crippen LogP contribution in [-0.2, 0) is 20.9 Å². The van der Waals surface area contributed by atoms with Crippen LogP contribution in [0.3, 0.4) is 0 Å². The van der Waals surface area contributed by atoms with Crippen LogP contribution in [0.1, 0.15) is 48.2 Å². The first-order chi connectivity index (χ1) is 16.3. The molecular weight excluding hydrogens is 430 g/mol. The molecule has 7 nitrogen and oxygen atoms in total. The largest absolute Gasteiger partial charge is 0.465 e. The molecule has 0 radical (unpaired) electrons. The van der Waals surface area contributed by atoms with E-state index in [-0.39, 0.29) is 24.3 Å². The summed E-state index contributed by atoms with van der Waals surface area (Å²) in [7, 11) is 1.35. The molecule has 2 aliphatic heterocycles. The van der Waals surface area contributed by atoms with Gasteiger partial charge in [-0.25, -0.2) is 4.79 Å². The maximum Gasteiger partial charge on any atom is 0.337 e. The number of carbonyl (C=O) groups excluding carboxylic acids is 3. The molecule has 1 N–H and O–H groups in total. The van der Waals surface area contributed by atoms with E-state index in [0.29, 0.717) is 17.1 Å². The Morgan fingerprint density at radius 2 is 1.88 bits per heavy atom. The first-order valence-electron chi connectivity index (χ1n) is 11.4. The number of imide groups is 1. The second-order valence-corrected chi connectivity index (χ2v) is 9.30. The summed E-state index contributed by atoms with van der Waals surface area (Å²) in [5.41, 5.74) is 5.66. The lowest BCUT2D eigenvalue weighted by Crippen LogP contribution is -2.33. The van der Waals surface area contributed by atoms with Gasteiger partial charge in [-0.3, -0.25) is 14.5 Å². The molecule has 0 spiro atoms. The summed E-state index contributed by atoms with van der Waals surface area (Å²) in [5.74, 6) is -0.919. The molecule has 1 atom stereocenters. The molecule has 2 amide bonds. The van der Waals surface area contributed by atoms with Crippen molar-refractivity contribution in [2.45, 2.75) is 33.2 Å². The third-order valence-electron chi connectivity index (χ3n) is 6.54. The van der Waals surface area contributed by atoms with E-state index in [1.54, 1.807) is 12.1 Å². The van der Waals surface area contributed by atoms with Gasteiger partial charge in [0.1, 0.15) is 0 Å². The number of hydrogen-bond donors (Lipinski definition) is 1. The van der Waals surface area contributed by atoms with Gasteiger partial charge in [0.05, 0.1) is 30.3 Å². The summed E-state index contributed by atoms with van der Waals surface area (Å²) in [4.78, 5) is 39.0. The minimum Gasteiger partial charge on any atom is -0.465 e. The SMILES string of the molecule is COC(=O)c1ccc(C2C3=C(CN(C(C)=O)C3=O)Nc3cccc4c3c2cn4CC(C)C)cc1. The first kappa shape index (κ1) is 21.9. The van der Waals surface area contributed by atoms with Gasteiger partial charge >= 0.3 is 5.97 Å². The Hall–Kier alpha value is -3.87. The number of benzene rings is 2. The summed E-state index contributed by atoms with van der Waals surface area (Å²) in [5, 5.41) is 4.55. The van der Waals surface area contributed by atoms with E-state index in [2.05, 4.69) is 36.0 Å². The molecule has 7 heteroatoms. The Morgan fingerprint density at radius 1 is 1.15 bits per heavy atom. The second-order valence-electron chi connectivity index (χ2n) is 9.30. The van der Waals surface area contributed by atoms with Crippen molar-refractivity contribution in [2.24, 2.45) is 5.92 Å². The van der Waals surface area contributed by atoms with E-state index in [4.69, 9.17) is 4.74 Å². The van der Waals surface area contributed by atoms with Crippen molar-refractivity contribution >= 4 is 34.4 Å². The summed E-state index contributed by atoms with van der Waals surface area (Å²) >= 11 is 0. The number of ether oxygens (including phenoxy) is 1. The highest BCUT2D eigenvalue weighted by Crippen LogP contribution is 2.46. The van der Waals surface area contributed by atoms with Crippen molar-refractivity contribution in [3.8, 4) is 0 Å². The van der Waals surface area contributed by atoms with Gasteiger partial charge in [0.25, 0.3) is 5.91 Å². The number of esters is 1. The Balaban J connectivity index is 1.75. The number of nitrogens with one attached hydrogen (secondary N) is 1. The summed E-state index contributed by atoms with van der Waals surface area (Å²) < 4.78 is 7.08. The van der Waals surface area contributed by atoms with Crippen LogP contribution in [0.15, 0.2) is 59.9 Å². The Kier molecular flexibility index (Phi) is 5.27. The zero-order chi connectivity index (χ0) is 24.1. The molecule has 2 aliphatic rings. The fourth-order valence-electron chi connectivity index (χ4n) is 5.09. The second kappa shape index (κ2) is 8.17. The van der Waals surface area contributed by atoms with Crippen LogP contribution in [-0.4, -0.2) is 40.9 Å². The van der Waals surface area contributed by atoms with Gasteiger partial charge < -0.3 is 14.6 Å². The van der Waals surface area contributed by atoms with Crippen LogP contribution in [0.4, 0.5) is 5.69 Å².